The maximum Gasteiger partial charge on any atom is 0.324 e. The Labute approximate surface area is 96.2 Å². The van der Waals surface area contributed by atoms with Crippen molar-refractivity contribution in [2.24, 2.45) is 0 Å². The quantitative estimate of drug-likeness (QED) is 0.369. The lowest BCUT2D eigenvalue weighted by Gasteiger charge is -1.93. The molecule has 6 heteroatoms. The highest BCUT2D eigenvalue weighted by Crippen LogP contribution is 2.24. The van der Waals surface area contributed by atoms with Crippen LogP contribution in [-0.2, 0) is 4.79 Å². The van der Waals surface area contributed by atoms with E-state index < -0.39 is 4.92 Å². The number of nitrogens with one attached hydrogen (secondary N) is 1. The first kappa shape index (κ1) is 12.1. The molecule has 1 aromatic heterocycles. The van der Waals surface area contributed by atoms with Crippen LogP contribution in [0, 0.1) is 10.1 Å². The van der Waals surface area contributed by atoms with Gasteiger partial charge in [0.2, 0.25) is 5.91 Å². The van der Waals surface area contributed by atoms with Gasteiger partial charge in [0.1, 0.15) is 0 Å². The van der Waals surface area contributed by atoms with Crippen molar-refractivity contribution >= 4 is 28.3 Å². The Morgan fingerprint density at radius 1 is 1.62 bits per heavy atom. The van der Waals surface area contributed by atoms with Crippen molar-refractivity contribution in [3.63, 3.8) is 0 Å². The Bertz CT molecular complexity index is 437. The molecule has 1 heterocycles. The average molecular weight is 238 g/mol. The van der Waals surface area contributed by atoms with Crippen LogP contribution >= 0.6 is 11.3 Å². The van der Waals surface area contributed by atoms with Crippen molar-refractivity contribution in [1.82, 2.24) is 5.32 Å². The highest BCUT2D eigenvalue weighted by molar-refractivity contribution is 7.16. The van der Waals surface area contributed by atoms with Gasteiger partial charge in [-0.15, -0.1) is 6.58 Å². The van der Waals surface area contributed by atoms with Gasteiger partial charge in [-0.1, -0.05) is 17.4 Å². The Balaban J connectivity index is 2.58. The molecular weight excluding hydrogens is 228 g/mol. The van der Waals surface area contributed by atoms with E-state index in [-0.39, 0.29) is 10.9 Å². The molecular formula is C10H10N2O3S. The van der Waals surface area contributed by atoms with Crippen molar-refractivity contribution in [3.8, 4) is 0 Å². The van der Waals surface area contributed by atoms with Gasteiger partial charge in [0, 0.05) is 23.6 Å². The number of thiophene rings is 1. The predicted octanol–water partition coefficient (Wildman–Crippen LogP) is 1.97. The molecule has 1 N–H and O–H groups in total. The van der Waals surface area contributed by atoms with Gasteiger partial charge in [-0.2, -0.15) is 0 Å². The van der Waals surface area contributed by atoms with E-state index in [1.165, 1.54) is 18.2 Å². The lowest BCUT2D eigenvalue weighted by Crippen LogP contribution is -2.20. The maximum atomic E-state index is 11.1. The second-order valence-corrected chi connectivity index (χ2v) is 3.89. The van der Waals surface area contributed by atoms with E-state index in [9.17, 15) is 14.9 Å². The third-order valence-electron chi connectivity index (χ3n) is 1.61. The van der Waals surface area contributed by atoms with Crippen LogP contribution in [0.2, 0.25) is 0 Å². The number of hydrogen-bond acceptors (Lipinski definition) is 4. The number of rotatable bonds is 5. The van der Waals surface area contributed by atoms with Crippen molar-refractivity contribution in [1.29, 1.82) is 0 Å². The number of amides is 1. The van der Waals surface area contributed by atoms with Gasteiger partial charge in [-0.05, 0) is 12.1 Å². The zero-order valence-electron chi connectivity index (χ0n) is 8.38. The molecule has 0 atom stereocenters. The molecule has 1 rings (SSSR count). The molecule has 16 heavy (non-hydrogen) atoms. The zero-order chi connectivity index (χ0) is 12.0. The van der Waals surface area contributed by atoms with Crippen LogP contribution in [0.3, 0.4) is 0 Å². The fourth-order valence-electron chi connectivity index (χ4n) is 0.919. The fraction of sp³-hybridized carbons (Fsp3) is 0.100. The van der Waals surface area contributed by atoms with Crippen LogP contribution in [0.5, 0.6) is 0 Å². The van der Waals surface area contributed by atoms with E-state index in [4.69, 9.17) is 0 Å². The molecule has 0 saturated carbocycles. The van der Waals surface area contributed by atoms with Gasteiger partial charge >= 0.3 is 5.00 Å². The van der Waals surface area contributed by atoms with Crippen LogP contribution < -0.4 is 5.32 Å². The summed E-state index contributed by atoms with van der Waals surface area (Å²) in [7, 11) is 0. The Morgan fingerprint density at radius 2 is 2.38 bits per heavy atom. The summed E-state index contributed by atoms with van der Waals surface area (Å²) >= 11 is 1.02. The predicted molar refractivity (Wildman–Crippen MR) is 63.2 cm³/mol. The molecule has 0 bridgehead atoms. The summed E-state index contributed by atoms with van der Waals surface area (Å²) in [6.45, 7) is 3.86. The standard InChI is InChI=1S/C10H10N2O3S/c1-2-7-11-9(13)5-3-8-4-6-10(16-8)12(14)15/h2-6H,1,7H2,(H,11,13)/b5-3+. The number of carbonyl (C=O) groups is 1. The Kier molecular flexibility index (Phi) is 4.41. The molecule has 0 spiro atoms. The number of hydrogen-bond donors (Lipinski definition) is 1. The minimum Gasteiger partial charge on any atom is -0.349 e. The second-order valence-electron chi connectivity index (χ2n) is 2.80. The lowest BCUT2D eigenvalue weighted by atomic mass is 10.4. The molecule has 0 aliphatic heterocycles. The summed E-state index contributed by atoms with van der Waals surface area (Å²) in [6.07, 6.45) is 4.44. The summed E-state index contributed by atoms with van der Waals surface area (Å²) in [5.41, 5.74) is 0. The van der Waals surface area contributed by atoms with Crippen LogP contribution in [0.25, 0.3) is 6.08 Å². The van der Waals surface area contributed by atoms with Crippen molar-refractivity contribution in [2.75, 3.05) is 6.54 Å². The summed E-state index contributed by atoms with van der Waals surface area (Å²) in [6, 6.07) is 3.01. The summed E-state index contributed by atoms with van der Waals surface area (Å²) in [5, 5.41) is 13.0. The van der Waals surface area contributed by atoms with Crippen LogP contribution in [0.4, 0.5) is 5.00 Å². The lowest BCUT2D eigenvalue weighted by molar-refractivity contribution is -0.380. The highest BCUT2D eigenvalue weighted by Gasteiger charge is 2.07. The van der Waals surface area contributed by atoms with Crippen molar-refractivity contribution in [3.05, 3.63) is 45.9 Å². The molecule has 0 aliphatic rings. The van der Waals surface area contributed by atoms with E-state index in [1.54, 1.807) is 12.1 Å². The first-order valence-electron chi connectivity index (χ1n) is 4.44. The van der Waals surface area contributed by atoms with Gasteiger partial charge in [0.25, 0.3) is 0 Å². The topological polar surface area (TPSA) is 72.2 Å². The second kappa shape index (κ2) is 5.82. The fourth-order valence-corrected chi connectivity index (χ4v) is 1.64. The molecule has 0 aromatic carbocycles. The number of carbonyl (C=O) groups excluding carboxylic acids is 1. The minimum absolute atomic E-state index is 0.0612. The van der Waals surface area contributed by atoms with Gasteiger partial charge in [-0.25, -0.2) is 0 Å². The first-order chi connectivity index (χ1) is 7.63. The highest BCUT2D eigenvalue weighted by atomic mass is 32.1. The summed E-state index contributed by atoms with van der Waals surface area (Å²) < 4.78 is 0. The largest absolute Gasteiger partial charge is 0.349 e. The molecule has 1 aromatic rings. The Morgan fingerprint density at radius 3 is 2.94 bits per heavy atom. The zero-order valence-corrected chi connectivity index (χ0v) is 9.20. The van der Waals surface area contributed by atoms with E-state index >= 15 is 0 Å². The van der Waals surface area contributed by atoms with E-state index in [0.29, 0.717) is 11.4 Å². The normalized spacial score (nSPS) is 10.2. The molecule has 0 radical (unpaired) electrons. The minimum atomic E-state index is -0.459. The smallest absolute Gasteiger partial charge is 0.324 e. The van der Waals surface area contributed by atoms with Gasteiger partial charge in [-0.3, -0.25) is 14.9 Å². The first-order valence-corrected chi connectivity index (χ1v) is 5.26. The monoisotopic (exact) mass is 238 g/mol. The SMILES string of the molecule is C=CCNC(=O)/C=C/c1ccc([N+](=O)[O-])s1. The molecule has 5 nitrogen and oxygen atoms in total. The van der Waals surface area contributed by atoms with Crippen molar-refractivity contribution < 1.29 is 9.72 Å². The summed E-state index contributed by atoms with van der Waals surface area (Å²) in [5.74, 6) is -0.254. The molecule has 0 aliphatic carbocycles. The Hall–Kier alpha value is -1.95. The summed E-state index contributed by atoms with van der Waals surface area (Å²) in [4.78, 5) is 21.7. The molecule has 0 unspecified atom stereocenters. The van der Waals surface area contributed by atoms with Gasteiger partial charge < -0.3 is 5.32 Å². The van der Waals surface area contributed by atoms with E-state index in [2.05, 4.69) is 11.9 Å². The molecule has 0 fully saturated rings. The van der Waals surface area contributed by atoms with E-state index in [0.717, 1.165) is 11.3 Å². The molecule has 1 amide bonds. The molecule has 0 saturated heterocycles. The average Bonchev–Trinajstić information content (AvgIpc) is 2.72. The van der Waals surface area contributed by atoms with Crippen LogP contribution in [0.15, 0.2) is 30.9 Å². The number of nitrogens with zero attached hydrogens (tertiary/aromatic N) is 1. The number of nitro groups is 1. The van der Waals surface area contributed by atoms with Gasteiger partial charge in [0.05, 0.1) is 4.92 Å². The van der Waals surface area contributed by atoms with Crippen molar-refractivity contribution in [2.45, 2.75) is 0 Å². The maximum absolute atomic E-state index is 11.1. The third kappa shape index (κ3) is 3.66. The van der Waals surface area contributed by atoms with Crippen LogP contribution in [-0.4, -0.2) is 17.4 Å². The molecule has 84 valence electrons. The van der Waals surface area contributed by atoms with E-state index in [1.807, 2.05) is 0 Å². The third-order valence-corrected chi connectivity index (χ3v) is 2.61. The van der Waals surface area contributed by atoms with Crippen LogP contribution in [0.1, 0.15) is 4.88 Å². The van der Waals surface area contributed by atoms with Gasteiger partial charge in [0.15, 0.2) is 0 Å².